The van der Waals surface area contributed by atoms with Gasteiger partial charge in [-0.3, -0.25) is 4.79 Å². The van der Waals surface area contributed by atoms with Crippen LogP contribution in [-0.2, 0) is 0 Å². The highest BCUT2D eigenvalue weighted by Crippen LogP contribution is 2.41. The lowest BCUT2D eigenvalue weighted by Gasteiger charge is -2.41. The zero-order chi connectivity index (χ0) is 15.8. The molecule has 0 unspecified atom stereocenters. The van der Waals surface area contributed by atoms with E-state index >= 15 is 0 Å². The highest BCUT2D eigenvalue weighted by molar-refractivity contribution is 5.97. The van der Waals surface area contributed by atoms with Gasteiger partial charge in [-0.05, 0) is 31.2 Å². The van der Waals surface area contributed by atoms with E-state index in [1.54, 1.807) is 31.4 Å². The Morgan fingerprint density at radius 3 is 2.38 bits per heavy atom. The van der Waals surface area contributed by atoms with Gasteiger partial charge in [0, 0.05) is 23.1 Å². The Balaban J connectivity index is 2.35. The van der Waals surface area contributed by atoms with E-state index in [9.17, 15) is 9.90 Å². The Bertz CT molecular complexity index is 572. The fourth-order valence-corrected chi connectivity index (χ4v) is 2.37. The van der Waals surface area contributed by atoms with Crippen LogP contribution in [0.25, 0.3) is 0 Å². The first-order chi connectivity index (χ1) is 9.69. The summed E-state index contributed by atoms with van der Waals surface area (Å²) < 4.78 is 5.08. The lowest BCUT2D eigenvalue weighted by atomic mass is 9.80. The molecule has 1 heterocycles. The summed E-state index contributed by atoms with van der Waals surface area (Å²) in [6.45, 7) is 7.51. The minimum Gasteiger partial charge on any atom is -0.497 e. The first kappa shape index (κ1) is 15.5. The number of methoxy groups -OCH3 is 1. The molecule has 0 saturated carbocycles. The van der Waals surface area contributed by atoms with Crippen molar-refractivity contribution in [3.8, 4) is 5.75 Å². The molecule has 1 aromatic rings. The fraction of sp³-hybridized carbons (Fsp3) is 0.500. The molecule has 114 valence electrons. The number of hydrazone groups is 1. The van der Waals surface area contributed by atoms with E-state index < -0.39 is 11.1 Å². The maximum absolute atomic E-state index is 12.7. The van der Waals surface area contributed by atoms with Crippen LogP contribution in [0.3, 0.4) is 0 Å². The molecule has 1 N–H and O–H groups in total. The van der Waals surface area contributed by atoms with Gasteiger partial charge in [-0.15, -0.1) is 0 Å². The summed E-state index contributed by atoms with van der Waals surface area (Å²) in [5.74, 6) is 0.366. The third-order valence-corrected chi connectivity index (χ3v) is 3.85. The van der Waals surface area contributed by atoms with Gasteiger partial charge in [0.05, 0.1) is 7.11 Å². The van der Waals surface area contributed by atoms with Gasteiger partial charge in [-0.1, -0.05) is 20.8 Å². The van der Waals surface area contributed by atoms with Crippen molar-refractivity contribution >= 4 is 11.6 Å². The summed E-state index contributed by atoms with van der Waals surface area (Å²) in [5, 5.41) is 16.4. The van der Waals surface area contributed by atoms with Crippen LogP contribution in [0.2, 0.25) is 0 Å². The van der Waals surface area contributed by atoms with Gasteiger partial charge in [0.2, 0.25) is 0 Å². The molecule has 1 aromatic carbocycles. The summed E-state index contributed by atoms with van der Waals surface area (Å²) in [7, 11) is 1.57. The molecule has 1 aliphatic heterocycles. The van der Waals surface area contributed by atoms with Crippen molar-refractivity contribution in [1.82, 2.24) is 5.01 Å². The number of aliphatic hydroxyl groups is 1. The van der Waals surface area contributed by atoms with Gasteiger partial charge in [0.25, 0.3) is 5.91 Å². The van der Waals surface area contributed by atoms with Gasteiger partial charge in [0.1, 0.15) is 5.75 Å². The normalized spacial score (nSPS) is 22.2. The van der Waals surface area contributed by atoms with Crippen LogP contribution in [0.1, 0.15) is 44.5 Å². The van der Waals surface area contributed by atoms with E-state index in [-0.39, 0.29) is 5.91 Å². The van der Waals surface area contributed by atoms with Gasteiger partial charge in [-0.2, -0.15) is 10.1 Å². The Morgan fingerprint density at radius 2 is 1.90 bits per heavy atom. The zero-order valence-electron chi connectivity index (χ0n) is 13.2. The molecule has 5 nitrogen and oxygen atoms in total. The molecule has 5 heteroatoms. The van der Waals surface area contributed by atoms with Crippen LogP contribution < -0.4 is 4.74 Å². The van der Waals surface area contributed by atoms with Crippen LogP contribution in [0.5, 0.6) is 5.75 Å². The van der Waals surface area contributed by atoms with Crippen molar-refractivity contribution in [2.45, 2.75) is 39.8 Å². The van der Waals surface area contributed by atoms with Crippen LogP contribution in [-0.4, -0.2) is 34.6 Å². The number of benzene rings is 1. The molecule has 2 rings (SSSR count). The second-order valence-corrected chi connectivity index (χ2v) is 6.42. The van der Waals surface area contributed by atoms with E-state index in [1.165, 1.54) is 5.01 Å². The number of hydrogen-bond donors (Lipinski definition) is 1. The molecule has 0 fully saturated rings. The number of carbonyl (C=O) groups excluding carboxylic acids is 1. The average Bonchev–Trinajstić information content (AvgIpc) is 2.74. The van der Waals surface area contributed by atoms with Crippen molar-refractivity contribution < 1.29 is 14.6 Å². The molecule has 0 saturated heterocycles. The van der Waals surface area contributed by atoms with E-state index in [1.807, 2.05) is 27.7 Å². The predicted octanol–water partition coefficient (Wildman–Crippen LogP) is 2.65. The topological polar surface area (TPSA) is 62.1 Å². The Kier molecular flexibility index (Phi) is 3.80. The highest BCUT2D eigenvalue weighted by Gasteiger charge is 2.51. The minimum atomic E-state index is -1.31. The lowest BCUT2D eigenvalue weighted by molar-refractivity contribution is -0.143. The van der Waals surface area contributed by atoms with Crippen LogP contribution in [0.15, 0.2) is 29.4 Å². The third-order valence-electron chi connectivity index (χ3n) is 3.85. The molecule has 0 radical (unpaired) electrons. The minimum absolute atomic E-state index is 0.313. The van der Waals surface area contributed by atoms with E-state index in [0.29, 0.717) is 17.7 Å². The molecule has 1 amide bonds. The van der Waals surface area contributed by atoms with Crippen molar-refractivity contribution in [2.75, 3.05) is 7.11 Å². The van der Waals surface area contributed by atoms with Crippen molar-refractivity contribution in [3.63, 3.8) is 0 Å². The van der Waals surface area contributed by atoms with Crippen molar-refractivity contribution in [1.29, 1.82) is 0 Å². The zero-order valence-corrected chi connectivity index (χ0v) is 13.2. The molecule has 21 heavy (non-hydrogen) atoms. The number of rotatable bonds is 2. The van der Waals surface area contributed by atoms with Crippen LogP contribution >= 0.6 is 0 Å². The molecule has 0 aromatic heterocycles. The summed E-state index contributed by atoms with van der Waals surface area (Å²) in [6, 6.07) is 6.78. The maximum Gasteiger partial charge on any atom is 0.276 e. The highest BCUT2D eigenvalue weighted by atomic mass is 16.5. The van der Waals surface area contributed by atoms with Crippen molar-refractivity contribution in [2.24, 2.45) is 10.5 Å². The smallest absolute Gasteiger partial charge is 0.276 e. The second-order valence-electron chi connectivity index (χ2n) is 6.42. The number of ether oxygens (including phenoxy) is 1. The monoisotopic (exact) mass is 290 g/mol. The van der Waals surface area contributed by atoms with Gasteiger partial charge in [-0.25, -0.2) is 0 Å². The van der Waals surface area contributed by atoms with Crippen molar-refractivity contribution in [3.05, 3.63) is 29.8 Å². The summed E-state index contributed by atoms with van der Waals surface area (Å²) in [5.41, 5.74) is -0.601. The number of hydrogen-bond acceptors (Lipinski definition) is 4. The first-order valence-corrected chi connectivity index (χ1v) is 6.94. The van der Waals surface area contributed by atoms with Crippen LogP contribution in [0.4, 0.5) is 0 Å². The third kappa shape index (κ3) is 2.65. The number of nitrogens with zero attached hydrogens (tertiary/aromatic N) is 2. The second kappa shape index (κ2) is 5.15. The SMILES string of the molecule is COc1ccc(C(=O)N2N=C(C)C[C@]2(O)C(C)(C)C)cc1. The Labute approximate surface area is 125 Å². The molecule has 0 spiro atoms. The van der Waals surface area contributed by atoms with Gasteiger partial charge >= 0.3 is 0 Å². The predicted molar refractivity (Wildman–Crippen MR) is 81.3 cm³/mol. The quantitative estimate of drug-likeness (QED) is 0.910. The summed E-state index contributed by atoms with van der Waals surface area (Å²) in [6.07, 6.45) is 0.360. The van der Waals surface area contributed by atoms with E-state index in [4.69, 9.17) is 4.74 Å². The largest absolute Gasteiger partial charge is 0.497 e. The molecule has 1 atom stereocenters. The molecular formula is C16H22N2O3. The number of carbonyl (C=O) groups is 1. The summed E-state index contributed by atoms with van der Waals surface area (Å²) >= 11 is 0. The molecule has 1 aliphatic rings. The fourth-order valence-electron chi connectivity index (χ4n) is 2.37. The average molecular weight is 290 g/mol. The maximum atomic E-state index is 12.7. The van der Waals surface area contributed by atoms with E-state index in [0.717, 1.165) is 5.71 Å². The lowest BCUT2D eigenvalue weighted by Crippen LogP contribution is -2.54. The molecule has 0 bridgehead atoms. The Hall–Kier alpha value is -1.88. The standard InChI is InChI=1S/C16H22N2O3/c1-11-10-16(20,15(2,3)4)18(17-11)14(19)12-6-8-13(21-5)9-7-12/h6-9,20H,10H2,1-5H3/t16-/m0/s1. The Morgan fingerprint density at radius 1 is 1.33 bits per heavy atom. The van der Waals surface area contributed by atoms with Gasteiger partial charge in [0.15, 0.2) is 5.72 Å². The molecule has 0 aliphatic carbocycles. The molecular weight excluding hydrogens is 268 g/mol. The van der Waals surface area contributed by atoms with Gasteiger partial charge < -0.3 is 9.84 Å². The summed E-state index contributed by atoms with van der Waals surface area (Å²) in [4.78, 5) is 12.7. The first-order valence-electron chi connectivity index (χ1n) is 6.94. The number of amides is 1. The van der Waals surface area contributed by atoms with Crippen LogP contribution in [0, 0.1) is 5.41 Å². The van der Waals surface area contributed by atoms with E-state index in [2.05, 4.69) is 5.10 Å².